The SMILES string of the molecule is COc1cccc(CNCC(C)C)c1OC1CCCC1. The molecular formula is C17H27NO2. The van der Waals surface area contributed by atoms with E-state index in [0.29, 0.717) is 12.0 Å². The molecule has 0 aromatic heterocycles. The topological polar surface area (TPSA) is 30.5 Å². The lowest BCUT2D eigenvalue weighted by Crippen LogP contribution is -2.20. The molecule has 0 radical (unpaired) electrons. The molecule has 1 aliphatic rings. The number of hydrogen-bond donors (Lipinski definition) is 1. The van der Waals surface area contributed by atoms with Crippen LogP contribution in [0.3, 0.4) is 0 Å². The Balaban J connectivity index is 2.08. The minimum absolute atomic E-state index is 0.357. The Morgan fingerprint density at radius 1 is 1.25 bits per heavy atom. The van der Waals surface area contributed by atoms with E-state index in [2.05, 4.69) is 25.2 Å². The summed E-state index contributed by atoms with van der Waals surface area (Å²) in [5.74, 6) is 2.43. The molecule has 1 saturated carbocycles. The van der Waals surface area contributed by atoms with E-state index in [9.17, 15) is 0 Å². The molecule has 0 atom stereocenters. The fraction of sp³-hybridized carbons (Fsp3) is 0.647. The molecule has 1 aromatic carbocycles. The van der Waals surface area contributed by atoms with Gasteiger partial charge in [0.1, 0.15) is 0 Å². The Morgan fingerprint density at radius 2 is 2.00 bits per heavy atom. The largest absolute Gasteiger partial charge is 0.493 e. The first kappa shape index (κ1) is 15.2. The second kappa shape index (κ2) is 7.53. The lowest BCUT2D eigenvalue weighted by molar-refractivity contribution is 0.198. The summed E-state index contributed by atoms with van der Waals surface area (Å²) in [4.78, 5) is 0. The molecule has 20 heavy (non-hydrogen) atoms. The number of benzene rings is 1. The first-order chi connectivity index (χ1) is 9.70. The first-order valence-electron chi connectivity index (χ1n) is 7.74. The van der Waals surface area contributed by atoms with E-state index in [0.717, 1.165) is 37.4 Å². The van der Waals surface area contributed by atoms with E-state index in [1.165, 1.54) is 18.4 Å². The van der Waals surface area contributed by atoms with Gasteiger partial charge in [0, 0.05) is 12.1 Å². The second-order valence-corrected chi connectivity index (χ2v) is 6.00. The van der Waals surface area contributed by atoms with Gasteiger partial charge in [-0.1, -0.05) is 26.0 Å². The Bertz CT molecular complexity index is 411. The van der Waals surface area contributed by atoms with Crippen LogP contribution in [0.25, 0.3) is 0 Å². The fourth-order valence-electron chi connectivity index (χ4n) is 2.66. The van der Waals surface area contributed by atoms with Crippen LogP contribution < -0.4 is 14.8 Å². The van der Waals surface area contributed by atoms with Crippen molar-refractivity contribution in [2.45, 2.75) is 52.2 Å². The molecule has 0 heterocycles. The van der Waals surface area contributed by atoms with Gasteiger partial charge in [-0.15, -0.1) is 0 Å². The smallest absolute Gasteiger partial charge is 0.166 e. The summed E-state index contributed by atoms with van der Waals surface area (Å²) < 4.78 is 11.7. The van der Waals surface area contributed by atoms with Gasteiger partial charge < -0.3 is 14.8 Å². The van der Waals surface area contributed by atoms with E-state index < -0.39 is 0 Å². The van der Waals surface area contributed by atoms with Crippen LogP contribution in [0, 0.1) is 5.92 Å². The number of para-hydroxylation sites is 1. The van der Waals surface area contributed by atoms with Crippen molar-refractivity contribution in [2.24, 2.45) is 5.92 Å². The second-order valence-electron chi connectivity index (χ2n) is 6.00. The molecule has 0 unspecified atom stereocenters. The third-order valence-electron chi connectivity index (χ3n) is 3.74. The molecule has 3 heteroatoms. The van der Waals surface area contributed by atoms with Gasteiger partial charge in [-0.3, -0.25) is 0 Å². The minimum Gasteiger partial charge on any atom is -0.493 e. The van der Waals surface area contributed by atoms with Crippen LogP contribution in [0.15, 0.2) is 18.2 Å². The normalized spacial score (nSPS) is 15.8. The predicted molar refractivity (Wildman–Crippen MR) is 82.4 cm³/mol. The zero-order valence-corrected chi connectivity index (χ0v) is 12.9. The molecule has 0 spiro atoms. The monoisotopic (exact) mass is 277 g/mol. The van der Waals surface area contributed by atoms with Crippen molar-refractivity contribution in [3.63, 3.8) is 0 Å². The summed E-state index contributed by atoms with van der Waals surface area (Å²) in [6.45, 7) is 6.28. The quantitative estimate of drug-likeness (QED) is 0.823. The molecule has 0 bridgehead atoms. The average molecular weight is 277 g/mol. The van der Waals surface area contributed by atoms with Gasteiger partial charge in [-0.25, -0.2) is 0 Å². The Kier molecular flexibility index (Phi) is 5.72. The highest BCUT2D eigenvalue weighted by molar-refractivity contribution is 5.46. The summed E-state index contributed by atoms with van der Waals surface area (Å²) >= 11 is 0. The third kappa shape index (κ3) is 4.14. The summed E-state index contributed by atoms with van der Waals surface area (Å²) in [7, 11) is 1.71. The van der Waals surface area contributed by atoms with Gasteiger partial charge in [0.25, 0.3) is 0 Å². The van der Waals surface area contributed by atoms with E-state index in [1.807, 2.05) is 12.1 Å². The maximum Gasteiger partial charge on any atom is 0.166 e. The summed E-state index contributed by atoms with van der Waals surface area (Å²) in [5.41, 5.74) is 1.19. The highest BCUT2D eigenvalue weighted by atomic mass is 16.5. The number of methoxy groups -OCH3 is 1. The molecule has 1 N–H and O–H groups in total. The molecule has 0 aliphatic heterocycles. The van der Waals surface area contributed by atoms with Crippen LogP contribution in [0.1, 0.15) is 45.1 Å². The van der Waals surface area contributed by atoms with Crippen molar-refractivity contribution in [1.29, 1.82) is 0 Å². The van der Waals surface area contributed by atoms with Crippen LogP contribution in [0.4, 0.5) is 0 Å². The number of hydrogen-bond acceptors (Lipinski definition) is 3. The van der Waals surface area contributed by atoms with Crippen LogP contribution in [-0.4, -0.2) is 19.8 Å². The van der Waals surface area contributed by atoms with Gasteiger partial charge in [0.05, 0.1) is 13.2 Å². The van der Waals surface area contributed by atoms with Crippen molar-refractivity contribution < 1.29 is 9.47 Å². The van der Waals surface area contributed by atoms with Crippen molar-refractivity contribution >= 4 is 0 Å². The van der Waals surface area contributed by atoms with Gasteiger partial charge in [-0.2, -0.15) is 0 Å². The van der Waals surface area contributed by atoms with E-state index >= 15 is 0 Å². The summed E-state index contributed by atoms with van der Waals surface area (Å²) in [6.07, 6.45) is 5.24. The van der Waals surface area contributed by atoms with Gasteiger partial charge in [0.2, 0.25) is 0 Å². The van der Waals surface area contributed by atoms with E-state index in [1.54, 1.807) is 7.11 Å². The number of rotatable bonds is 7. The summed E-state index contributed by atoms with van der Waals surface area (Å²) in [6, 6.07) is 6.14. The molecule has 1 aromatic rings. The molecule has 0 saturated heterocycles. The van der Waals surface area contributed by atoms with Crippen molar-refractivity contribution in [2.75, 3.05) is 13.7 Å². The molecule has 1 aliphatic carbocycles. The zero-order chi connectivity index (χ0) is 14.4. The highest BCUT2D eigenvalue weighted by Crippen LogP contribution is 2.34. The molecular weight excluding hydrogens is 250 g/mol. The van der Waals surface area contributed by atoms with Gasteiger partial charge >= 0.3 is 0 Å². The fourth-order valence-corrected chi connectivity index (χ4v) is 2.66. The minimum atomic E-state index is 0.357. The van der Waals surface area contributed by atoms with Crippen molar-refractivity contribution in [3.05, 3.63) is 23.8 Å². The molecule has 3 nitrogen and oxygen atoms in total. The van der Waals surface area contributed by atoms with Crippen molar-refractivity contribution in [1.82, 2.24) is 5.32 Å². The average Bonchev–Trinajstić information content (AvgIpc) is 2.93. The molecule has 2 rings (SSSR count). The maximum absolute atomic E-state index is 6.22. The van der Waals surface area contributed by atoms with Crippen LogP contribution in [0.5, 0.6) is 11.5 Å². The van der Waals surface area contributed by atoms with Crippen LogP contribution >= 0.6 is 0 Å². The molecule has 1 fully saturated rings. The van der Waals surface area contributed by atoms with E-state index in [4.69, 9.17) is 9.47 Å². The number of nitrogens with one attached hydrogen (secondary N) is 1. The molecule has 112 valence electrons. The van der Waals surface area contributed by atoms with Crippen LogP contribution in [0.2, 0.25) is 0 Å². The Hall–Kier alpha value is -1.22. The lowest BCUT2D eigenvalue weighted by atomic mass is 10.1. The lowest BCUT2D eigenvalue weighted by Gasteiger charge is -2.19. The standard InChI is InChI=1S/C17H27NO2/c1-13(2)11-18-12-14-7-6-10-16(19-3)17(14)20-15-8-4-5-9-15/h6-7,10,13,15,18H,4-5,8-9,11-12H2,1-3H3. The third-order valence-corrected chi connectivity index (χ3v) is 3.74. The number of ether oxygens (including phenoxy) is 2. The highest BCUT2D eigenvalue weighted by Gasteiger charge is 2.20. The van der Waals surface area contributed by atoms with E-state index in [-0.39, 0.29) is 0 Å². The van der Waals surface area contributed by atoms with Gasteiger partial charge in [-0.05, 0) is 44.2 Å². The van der Waals surface area contributed by atoms with Crippen LogP contribution in [-0.2, 0) is 6.54 Å². The maximum atomic E-state index is 6.22. The Morgan fingerprint density at radius 3 is 2.65 bits per heavy atom. The Labute approximate surface area is 122 Å². The summed E-state index contributed by atoms with van der Waals surface area (Å²) in [5, 5.41) is 3.48. The zero-order valence-electron chi connectivity index (χ0n) is 12.9. The predicted octanol–water partition coefficient (Wildman–Crippen LogP) is 3.76. The first-order valence-corrected chi connectivity index (χ1v) is 7.74. The van der Waals surface area contributed by atoms with Crippen molar-refractivity contribution in [3.8, 4) is 11.5 Å². The molecule has 0 amide bonds. The van der Waals surface area contributed by atoms with Gasteiger partial charge in [0.15, 0.2) is 11.5 Å².